The molecule has 0 bridgehead atoms. The van der Waals surface area contributed by atoms with E-state index >= 15 is 0 Å². The van der Waals surface area contributed by atoms with Crippen LogP contribution in [0.3, 0.4) is 0 Å². The molecule has 2 aliphatic heterocycles. The Morgan fingerprint density at radius 1 is 1.23 bits per heavy atom. The predicted octanol–water partition coefficient (Wildman–Crippen LogP) is 2.86. The van der Waals surface area contributed by atoms with Crippen molar-refractivity contribution in [2.24, 2.45) is 0 Å². The van der Waals surface area contributed by atoms with Crippen molar-refractivity contribution in [2.45, 2.75) is 43.9 Å². The second-order valence-electron chi connectivity index (χ2n) is 6.38. The number of amides is 1. The van der Waals surface area contributed by atoms with Gasteiger partial charge >= 0.3 is 6.18 Å². The zero-order valence-electron chi connectivity index (χ0n) is 14.1. The van der Waals surface area contributed by atoms with Crippen molar-refractivity contribution in [2.75, 3.05) is 29.2 Å². The highest BCUT2D eigenvalue weighted by atomic mass is 127. The number of carbonyl (C=O) groups excluding carboxylic acids is 1. The van der Waals surface area contributed by atoms with Crippen LogP contribution >= 0.6 is 22.6 Å². The highest BCUT2D eigenvalue weighted by Gasteiger charge is 2.43. The van der Waals surface area contributed by atoms with Gasteiger partial charge in [-0.25, -0.2) is 9.97 Å². The first-order chi connectivity index (χ1) is 12.4. The fourth-order valence-corrected chi connectivity index (χ4v) is 4.03. The molecule has 2 aliphatic rings. The summed E-state index contributed by atoms with van der Waals surface area (Å²) in [4.78, 5) is 24.2. The van der Waals surface area contributed by atoms with Crippen LogP contribution < -0.4 is 4.90 Å². The van der Waals surface area contributed by atoms with Crippen molar-refractivity contribution in [1.82, 2.24) is 14.9 Å². The number of hydrogen-bond donors (Lipinski definition) is 0. The van der Waals surface area contributed by atoms with Crippen molar-refractivity contribution >= 4 is 34.4 Å². The third-order valence-corrected chi connectivity index (χ3v) is 5.33. The number of alkyl halides is 4. The average Bonchev–Trinajstić information content (AvgIpc) is 3.05. The molecule has 0 unspecified atom stereocenters. The van der Waals surface area contributed by atoms with Gasteiger partial charge in [-0.15, -0.1) is 0 Å². The summed E-state index contributed by atoms with van der Waals surface area (Å²) in [7, 11) is 0. The lowest BCUT2D eigenvalue weighted by Gasteiger charge is -2.40. The number of likely N-dealkylation sites (tertiary alicyclic amines) is 1. The summed E-state index contributed by atoms with van der Waals surface area (Å²) < 4.78 is 43.9. The summed E-state index contributed by atoms with van der Waals surface area (Å²) in [6, 6.07) is 0.108. The molecular formula is C16H20F3IN4O2. The highest BCUT2D eigenvalue weighted by Crippen LogP contribution is 2.34. The summed E-state index contributed by atoms with van der Waals surface area (Å²) >= 11 is 2.09. The van der Waals surface area contributed by atoms with Gasteiger partial charge in [-0.3, -0.25) is 4.79 Å². The van der Waals surface area contributed by atoms with Gasteiger partial charge in [-0.2, -0.15) is 13.2 Å². The van der Waals surface area contributed by atoms with Crippen molar-refractivity contribution in [3.63, 3.8) is 0 Å². The van der Waals surface area contributed by atoms with E-state index in [0.717, 1.165) is 31.7 Å². The molecule has 144 valence electrons. The van der Waals surface area contributed by atoms with E-state index in [9.17, 15) is 18.0 Å². The molecule has 1 aromatic heterocycles. The van der Waals surface area contributed by atoms with E-state index in [1.54, 1.807) is 0 Å². The minimum Gasteiger partial charge on any atom is -0.371 e. The first-order valence-electron chi connectivity index (χ1n) is 8.51. The zero-order chi connectivity index (χ0) is 18.7. The second-order valence-corrected chi connectivity index (χ2v) is 7.01. The Kier molecular flexibility index (Phi) is 6.21. The predicted molar refractivity (Wildman–Crippen MR) is 97.0 cm³/mol. The molecule has 0 aliphatic carbocycles. The smallest absolute Gasteiger partial charge is 0.371 e. The zero-order valence-corrected chi connectivity index (χ0v) is 16.2. The monoisotopic (exact) mass is 484 g/mol. The molecule has 1 aromatic rings. The molecule has 3 rings (SSSR count). The highest BCUT2D eigenvalue weighted by molar-refractivity contribution is 14.1. The molecule has 0 spiro atoms. The number of aromatic nitrogens is 2. The Morgan fingerprint density at radius 3 is 2.62 bits per heavy atom. The minimum absolute atomic E-state index is 0.0509. The number of piperidine rings is 1. The SMILES string of the molecule is O=C(CCOCI)N1CCC[C@@H]2[C@H]1CCN2c1ncc(C(F)(F)F)cn1. The van der Waals surface area contributed by atoms with E-state index in [1.807, 2.05) is 9.80 Å². The third-order valence-electron chi connectivity index (χ3n) is 4.89. The second kappa shape index (κ2) is 8.24. The lowest BCUT2D eigenvalue weighted by atomic mass is 9.96. The summed E-state index contributed by atoms with van der Waals surface area (Å²) in [5.41, 5.74) is -0.854. The molecule has 2 saturated heterocycles. The Balaban J connectivity index is 1.68. The van der Waals surface area contributed by atoms with Crippen LogP contribution in [0.5, 0.6) is 0 Å². The van der Waals surface area contributed by atoms with Crippen molar-refractivity contribution in [1.29, 1.82) is 0 Å². The number of hydrogen-bond acceptors (Lipinski definition) is 5. The molecular weight excluding hydrogens is 464 g/mol. The van der Waals surface area contributed by atoms with Gasteiger partial charge in [0.25, 0.3) is 0 Å². The minimum atomic E-state index is -4.44. The molecule has 2 fully saturated rings. The lowest BCUT2D eigenvalue weighted by molar-refractivity contribution is -0.138. The first-order valence-corrected chi connectivity index (χ1v) is 10.0. The molecule has 0 saturated carbocycles. The van der Waals surface area contributed by atoms with Crippen LogP contribution in [0, 0.1) is 0 Å². The fourth-order valence-electron chi connectivity index (χ4n) is 3.72. The van der Waals surface area contributed by atoms with Gasteiger partial charge in [0.2, 0.25) is 11.9 Å². The van der Waals surface area contributed by atoms with Crippen LogP contribution in [0.1, 0.15) is 31.2 Å². The van der Waals surface area contributed by atoms with Crippen LogP contribution in [-0.4, -0.2) is 57.2 Å². The maximum atomic E-state index is 12.7. The van der Waals surface area contributed by atoms with Crippen LogP contribution in [0.2, 0.25) is 0 Å². The summed E-state index contributed by atoms with van der Waals surface area (Å²) in [6.45, 7) is 1.75. The van der Waals surface area contributed by atoms with E-state index in [-0.39, 0.29) is 18.0 Å². The lowest BCUT2D eigenvalue weighted by Crippen LogP contribution is -2.52. The average molecular weight is 484 g/mol. The maximum Gasteiger partial charge on any atom is 0.419 e. The van der Waals surface area contributed by atoms with Gasteiger partial charge in [-0.1, -0.05) is 22.6 Å². The summed E-state index contributed by atoms with van der Waals surface area (Å²) in [6.07, 6.45) is 0.0584. The van der Waals surface area contributed by atoms with Gasteiger partial charge in [0, 0.05) is 25.5 Å². The van der Waals surface area contributed by atoms with E-state index in [1.165, 1.54) is 0 Å². The van der Waals surface area contributed by atoms with Gasteiger partial charge < -0.3 is 14.5 Å². The van der Waals surface area contributed by atoms with Gasteiger partial charge in [0.15, 0.2) is 0 Å². The fraction of sp³-hybridized carbons (Fsp3) is 0.688. The Bertz CT molecular complexity index is 629. The first kappa shape index (κ1) is 19.6. The van der Waals surface area contributed by atoms with Crippen LogP contribution in [0.25, 0.3) is 0 Å². The largest absolute Gasteiger partial charge is 0.419 e. The molecule has 0 N–H and O–H groups in total. The van der Waals surface area contributed by atoms with E-state index in [0.29, 0.717) is 36.7 Å². The van der Waals surface area contributed by atoms with Crippen LogP contribution in [-0.2, 0) is 15.7 Å². The quantitative estimate of drug-likeness (QED) is 0.366. The van der Waals surface area contributed by atoms with Gasteiger partial charge in [0.1, 0.15) is 0 Å². The number of anilines is 1. The van der Waals surface area contributed by atoms with E-state index in [2.05, 4.69) is 32.6 Å². The Morgan fingerprint density at radius 2 is 1.96 bits per heavy atom. The maximum absolute atomic E-state index is 12.7. The molecule has 6 nitrogen and oxygen atoms in total. The molecule has 1 amide bonds. The number of nitrogens with zero attached hydrogens (tertiary/aromatic N) is 4. The summed E-state index contributed by atoms with van der Waals surface area (Å²) in [5, 5.41) is 0. The number of halogens is 4. The number of rotatable bonds is 5. The van der Waals surface area contributed by atoms with Crippen molar-refractivity contribution in [3.8, 4) is 0 Å². The topological polar surface area (TPSA) is 58.6 Å². The number of ether oxygens (including phenoxy) is 1. The molecule has 3 heterocycles. The van der Waals surface area contributed by atoms with Crippen LogP contribution in [0.4, 0.5) is 19.1 Å². The Hall–Kier alpha value is -1.17. The van der Waals surface area contributed by atoms with Crippen molar-refractivity contribution in [3.05, 3.63) is 18.0 Å². The molecule has 0 radical (unpaired) electrons. The third kappa shape index (κ3) is 4.21. The van der Waals surface area contributed by atoms with Gasteiger partial charge in [-0.05, 0) is 19.3 Å². The summed E-state index contributed by atoms with van der Waals surface area (Å²) in [5.74, 6) is 0.368. The van der Waals surface area contributed by atoms with Gasteiger partial charge in [0.05, 0.1) is 35.3 Å². The molecule has 10 heteroatoms. The molecule has 0 aromatic carbocycles. The molecule has 2 atom stereocenters. The normalized spacial score (nSPS) is 23.2. The van der Waals surface area contributed by atoms with E-state index < -0.39 is 11.7 Å². The number of carbonyl (C=O) groups is 1. The van der Waals surface area contributed by atoms with Crippen molar-refractivity contribution < 1.29 is 22.7 Å². The Labute approximate surface area is 163 Å². The molecule has 26 heavy (non-hydrogen) atoms. The van der Waals surface area contributed by atoms with Crippen LogP contribution in [0.15, 0.2) is 12.4 Å². The van der Waals surface area contributed by atoms with E-state index in [4.69, 9.17) is 4.74 Å². The number of fused-ring (bicyclic) bond motifs is 1. The standard InChI is InChI=1S/C16H20F3IN4O2/c17-16(18,19)11-8-21-15(22-9-11)24-6-3-13-12(24)2-1-5-23(13)14(25)4-7-26-10-20/h8-9,12-13H,1-7,10H2/t12-,13-/m1/s1.